The molecule has 32 heavy (non-hydrogen) atoms. The summed E-state index contributed by atoms with van der Waals surface area (Å²) in [7, 11) is 0. The number of ether oxygens (including phenoxy) is 2. The summed E-state index contributed by atoms with van der Waals surface area (Å²) >= 11 is 0. The van der Waals surface area contributed by atoms with Crippen LogP contribution >= 0.6 is 0 Å². The van der Waals surface area contributed by atoms with E-state index in [4.69, 9.17) is 30.3 Å². The molecule has 1 aliphatic rings. The molecule has 3 rings (SSSR count). The predicted molar refractivity (Wildman–Crippen MR) is 108 cm³/mol. The highest BCUT2D eigenvalue weighted by Crippen LogP contribution is 2.32. The average Bonchev–Trinajstić information content (AvgIpc) is 2.73. The molecule has 0 aliphatic carbocycles. The van der Waals surface area contributed by atoms with E-state index in [2.05, 4.69) is 5.10 Å². The first-order valence-corrected chi connectivity index (χ1v) is 9.35. The maximum Gasteiger partial charge on any atom is 0.490 e. The summed E-state index contributed by atoms with van der Waals surface area (Å²) in [5, 5.41) is 19.5. The second-order valence-electron chi connectivity index (χ2n) is 6.76. The number of nitrogens with zero attached hydrogens (tertiary/aromatic N) is 1. The van der Waals surface area contributed by atoms with Crippen LogP contribution in [0.5, 0.6) is 11.5 Å². The smallest absolute Gasteiger partial charge is 0.490 e. The van der Waals surface area contributed by atoms with Crippen molar-refractivity contribution in [2.45, 2.75) is 38.1 Å². The lowest BCUT2D eigenvalue weighted by Crippen LogP contribution is -2.25. The van der Waals surface area contributed by atoms with Crippen molar-refractivity contribution >= 4 is 18.2 Å². The number of hydrazone groups is 1. The van der Waals surface area contributed by atoms with Gasteiger partial charge in [-0.1, -0.05) is 24.3 Å². The van der Waals surface area contributed by atoms with E-state index in [1.807, 2.05) is 42.5 Å². The third-order valence-electron chi connectivity index (χ3n) is 4.31. The normalized spacial score (nSPS) is 15.2. The number of fused-ring (bicyclic) bond motifs is 1. The highest BCUT2D eigenvalue weighted by molar-refractivity contribution is 5.79. The molecule has 0 spiro atoms. The maximum atomic E-state index is 10.8. The summed E-state index contributed by atoms with van der Waals surface area (Å²) in [6.07, 6.45) is -2.23. The van der Waals surface area contributed by atoms with Crippen molar-refractivity contribution in [1.82, 2.24) is 0 Å². The Kier molecular flexibility index (Phi) is 8.45. The van der Waals surface area contributed by atoms with Crippen molar-refractivity contribution in [3.63, 3.8) is 0 Å². The Morgan fingerprint density at radius 1 is 1.19 bits per heavy atom. The number of aliphatic carboxylic acids is 2. The number of carbonyl (C=O) groups is 2. The van der Waals surface area contributed by atoms with Gasteiger partial charge in [-0.05, 0) is 47.7 Å². The van der Waals surface area contributed by atoms with E-state index >= 15 is 0 Å². The van der Waals surface area contributed by atoms with E-state index in [1.54, 1.807) is 6.21 Å². The van der Waals surface area contributed by atoms with E-state index in [0.717, 1.165) is 34.6 Å². The number of alkyl halides is 3. The number of aryl methyl sites for hydroxylation is 1. The van der Waals surface area contributed by atoms with Gasteiger partial charge in [0.05, 0.1) is 12.6 Å². The van der Waals surface area contributed by atoms with Crippen molar-refractivity contribution in [3.05, 3.63) is 59.2 Å². The van der Waals surface area contributed by atoms with Gasteiger partial charge in [0.15, 0.2) is 0 Å². The Bertz CT molecular complexity index is 961. The molecule has 0 aromatic heterocycles. The molecular formula is C21H21F3N2O6. The summed E-state index contributed by atoms with van der Waals surface area (Å²) in [6, 6.07) is 13.4. The standard InChI is InChI=1S/C19H20N2O4.C2HF3O2/c20-21-11-13-1-3-14(4-2-13)12-24-16-7-8-18-15(9-16)5-6-17(25-18)10-19(22)23;3-2(4,5)1(6)7/h1-4,7-9,11,17H,5-6,10,12,20H2,(H,22,23);(H,6,7). The first-order valence-electron chi connectivity index (χ1n) is 9.35. The molecule has 2 aromatic rings. The van der Waals surface area contributed by atoms with Crippen LogP contribution in [0.1, 0.15) is 29.5 Å². The third-order valence-corrected chi connectivity index (χ3v) is 4.31. The van der Waals surface area contributed by atoms with Gasteiger partial charge in [-0.2, -0.15) is 18.3 Å². The van der Waals surface area contributed by atoms with Crippen LogP contribution in [0.25, 0.3) is 0 Å². The lowest BCUT2D eigenvalue weighted by molar-refractivity contribution is -0.192. The van der Waals surface area contributed by atoms with Gasteiger partial charge in [0, 0.05) is 0 Å². The lowest BCUT2D eigenvalue weighted by Gasteiger charge is -2.25. The molecule has 4 N–H and O–H groups in total. The molecule has 0 saturated carbocycles. The quantitative estimate of drug-likeness (QED) is 0.346. The number of hydrogen-bond acceptors (Lipinski definition) is 6. The summed E-state index contributed by atoms with van der Waals surface area (Å²) in [4.78, 5) is 19.7. The number of hydrogen-bond donors (Lipinski definition) is 3. The molecule has 1 heterocycles. The number of carboxylic acids is 2. The van der Waals surface area contributed by atoms with Crippen LogP contribution in [0.15, 0.2) is 47.6 Å². The minimum Gasteiger partial charge on any atom is -0.490 e. The molecule has 0 radical (unpaired) electrons. The fourth-order valence-electron chi connectivity index (χ4n) is 2.80. The van der Waals surface area contributed by atoms with Crippen LogP contribution in [0.4, 0.5) is 13.2 Å². The molecule has 172 valence electrons. The highest BCUT2D eigenvalue weighted by Gasteiger charge is 2.38. The SMILES string of the molecule is NN=Cc1ccc(COc2ccc3c(c2)CCC(CC(=O)O)O3)cc1.O=C(O)C(F)(F)F. The lowest BCUT2D eigenvalue weighted by atomic mass is 10.0. The number of rotatable bonds is 6. The number of benzene rings is 2. The van der Waals surface area contributed by atoms with Gasteiger partial charge >= 0.3 is 18.1 Å². The molecule has 1 aliphatic heterocycles. The predicted octanol–water partition coefficient (Wildman–Crippen LogP) is 3.36. The topological polar surface area (TPSA) is 131 Å². The zero-order valence-corrected chi connectivity index (χ0v) is 16.7. The van der Waals surface area contributed by atoms with Crippen LogP contribution in [0, 0.1) is 0 Å². The van der Waals surface area contributed by atoms with Crippen molar-refractivity contribution in [2.24, 2.45) is 10.9 Å². The van der Waals surface area contributed by atoms with E-state index in [1.165, 1.54) is 0 Å². The first kappa shape index (κ1) is 24.5. The molecule has 2 aromatic carbocycles. The van der Waals surface area contributed by atoms with Crippen molar-refractivity contribution in [3.8, 4) is 11.5 Å². The zero-order valence-electron chi connectivity index (χ0n) is 16.7. The molecule has 0 amide bonds. The van der Waals surface area contributed by atoms with E-state index in [9.17, 15) is 18.0 Å². The zero-order chi connectivity index (χ0) is 23.7. The van der Waals surface area contributed by atoms with Crippen molar-refractivity contribution < 1.29 is 42.4 Å². The molecule has 1 atom stereocenters. The van der Waals surface area contributed by atoms with Crippen LogP contribution in [-0.4, -0.2) is 40.6 Å². The van der Waals surface area contributed by atoms with Gasteiger partial charge in [0.1, 0.15) is 24.2 Å². The second kappa shape index (κ2) is 11.0. The fourth-order valence-corrected chi connectivity index (χ4v) is 2.80. The molecule has 8 nitrogen and oxygen atoms in total. The Labute approximate surface area is 181 Å². The summed E-state index contributed by atoms with van der Waals surface area (Å²) in [6.45, 7) is 0.460. The van der Waals surface area contributed by atoms with Gasteiger partial charge in [-0.15, -0.1) is 0 Å². The maximum absolute atomic E-state index is 10.8. The summed E-state index contributed by atoms with van der Waals surface area (Å²) in [5.41, 5.74) is 3.03. The molecule has 0 saturated heterocycles. The number of carboxylic acid groups (broad SMARTS) is 2. The molecule has 0 fully saturated rings. The molecule has 11 heteroatoms. The van der Waals surface area contributed by atoms with E-state index in [-0.39, 0.29) is 12.5 Å². The van der Waals surface area contributed by atoms with Crippen LogP contribution in [-0.2, 0) is 22.6 Å². The largest absolute Gasteiger partial charge is 0.490 e. The second-order valence-corrected chi connectivity index (χ2v) is 6.76. The van der Waals surface area contributed by atoms with E-state index in [0.29, 0.717) is 13.0 Å². The average molecular weight is 454 g/mol. The molecule has 0 bridgehead atoms. The van der Waals surface area contributed by atoms with Crippen molar-refractivity contribution in [1.29, 1.82) is 0 Å². The van der Waals surface area contributed by atoms with Gasteiger partial charge in [-0.3, -0.25) is 4.79 Å². The number of halogens is 3. The van der Waals surface area contributed by atoms with Crippen LogP contribution < -0.4 is 15.3 Å². The van der Waals surface area contributed by atoms with E-state index < -0.39 is 18.1 Å². The van der Waals surface area contributed by atoms with Gasteiger partial charge in [0.25, 0.3) is 0 Å². The fraction of sp³-hybridized carbons (Fsp3) is 0.286. The minimum absolute atomic E-state index is 0.0303. The van der Waals surface area contributed by atoms with Gasteiger partial charge in [-0.25, -0.2) is 4.79 Å². The highest BCUT2D eigenvalue weighted by atomic mass is 19.4. The minimum atomic E-state index is -5.08. The monoisotopic (exact) mass is 454 g/mol. The Morgan fingerprint density at radius 2 is 1.84 bits per heavy atom. The third kappa shape index (κ3) is 7.82. The van der Waals surface area contributed by atoms with Crippen LogP contribution in [0.3, 0.4) is 0 Å². The Balaban J connectivity index is 0.000000451. The Morgan fingerprint density at radius 3 is 2.41 bits per heavy atom. The van der Waals surface area contributed by atoms with Crippen molar-refractivity contribution in [2.75, 3.05) is 0 Å². The van der Waals surface area contributed by atoms with Gasteiger partial charge < -0.3 is 25.5 Å². The van der Waals surface area contributed by atoms with Gasteiger partial charge in [0.2, 0.25) is 0 Å². The molecular weight excluding hydrogens is 433 g/mol. The van der Waals surface area contributed by atoms with Crippen LogP contribution in [0.2, 0.25) is 0 Å². The summed E-state index contributed by atoms with van der Waals surface area (Å²) < 4.78 is 43.3. The number of nitrogens with two attached hydrogens (primary N) is 1. The Hall–Kier alpha value is -3.76. The first-order chi connectivity index (χ1) is 15.1. The molecule has 1 unspecified atom stereocenters. The summed E-state index contributed by atoms with van der Waals surface area (Å²) in [5.74, 6) is 3.05.